The van der Waals surface area contributed by atoms with Crippen LogP contribution in [0.25, 0.3) is 0 Å². The molecule has 4 heteroatoms. The number of hydrogen-bond donors (Lipinski definition) is 0. The smallest absolute Gasteiger partial charge is 0.147 e. The minimum absolute atomic E-state index is 0. The molecule has 0 aliphatic rings. The van der Waals surface area contributed by atoms with E-state index in [0.717, 1.165) is 0 Å². The van der Waals surface area contributed by atoms with Gasteiger partial charge in [-0.3, -0.25) is 0 Å². The molecule has 0 amide bonds. The normalized spacial score (nSPS) is 5.00. The van der Waals surface area contributed by atoms with Gasteiger partial charge >= 0.3 is 33.7 Å². The maximum Gasteiger partial charge on any atom is -0.147 e. The molecule has 0 aromatic heterocycles. The van der Waals surface area contributed by atoms with Crippen LogP contribution in [0.15, 0.2) is 0 Å². The Kier molecular flexibility index (Phi) is 43.4. The van der Waals surface area contributed by atoms with E-state index in [4.69, 9.17) is 0 Å². The van der Waals surface area contributed by atoms with E-state index in [-0.39, 0.29) is 24.8 Å². The molecule has 0 heterocycles. The summed E-state index contributed by atoms with van der Waals surface area (Å²) in [6.45, 7) is 2.60. The molecule has 0 aromatic carbocycles. The Morgan fingerprint density at radius 1 is 1.50 bits per heavy atom. The zero-order valence-corrected chi connectivity index (χ0v) is 6.02. The van der Waals surface area contributed by atoms with Crippen LogP contribution in [-0.4, -0.2) is 6.61 Å². The van der Waals surface area contributed by atoms with Crippen LogP contribution in [0, 0.1) is 0 Å². The second-order valence-corrected chi connectivity index (χ2v) is 0.709. The largest absolute Gasteiger partial charge is 0.147 e. The standard InChI is InChI=1S/C2H5O.2ClH.Fe/c1-2-3;;;/h2H2,1H3;2*1H;/q-1;;;+1. The molecule has 0 fully saturated rings. The van der Waals surface area contributed by atoms with Gasteiger partial charge in [-0.2, -0.15) is 0 Å². The molecule has 0 bridgehead atoms. The zero-order chi connectivity index (χ0) is 3.41. The van der Waals surface area contributed by atoms with E-state index in [9.17, 15) is 0 Å². The average molecular weight is 174 g/mol. The van der Waals surface area contributed by atoms with E-state index in [1.165, 1.54) is 0 Å². The van der Waals surface area contributed by atoms with Gasteiger partial charge in [-0.1, -0.05) is 0 Å². The van der Waals surface area contributed by atoms with E-state index in [1.807, 2.05) is 6.92 Å². The molecule has 1 nitrogen and oxygen atoms in total. The number of rotatable bonds is 1. The summed E-state index contributed by atoms with van der Waals surface area (Å²) in [5.41, 5.74) is 0. The molecule has 0 aliphatic heterocycles. The molecule has 0 unspecified atom stereocenters. The van der Waals surface area contributed by atoms with Gasteiger partial charge in [0.2, 0.25) is 0 Å². The van der Waals surface area contributed by atoms with Crippen molar-refractivity contribution in [1.82, 2.24) is 0 Å². The first kappa shape index (κ1) is 15.7. The Morgan fingerprint density at radius 2 is 1.67 bits per heavy atom. The monoisotopic (exact) mass is 173 g/mol. The van der Waals surface area contributed by atoms with E-state index in [0.29, 0.717) is 6.61 Å². The van der Waals surface area contributed by atoms with Crippen LogP contribution in [0.3, 0.4) is 0 Å². The fraction of sp³-hybridized carbons (Fsp3) is 1.00. The van der Waals surface area contributed by atoms with Crippen LogP contribution >= 0.6 is 24.8 Å². The zero-order valence-electron chi connectivity index (χ0n) is 3.29. The SMILES string of the molecule is CC[O][Fe].Cl.Cl. The fourth-order valence-corrected chi connectivity index (χ4v) is 0. The molecule has 0 spiro atoms. The second kappa shape index (κ2) is 16.6. The molecule has 0 saturated heterocycles. The van der Waals surface area contributed by atoms with Crippen LogP contribution in [0.2, 0.25) is 0 Å². The Bertz CT molecular complexity index is 13.5. The minimum atomic E-state index is 0. The van der Waals surface area contributed by atoms with Gasteiger partial charge in [0.1, 0.15) is 0 Å². The summed E-state index contributed by atoms with van der Waals surface area (Å²) in [5, 5.41) is 0. The molecule has 0 rings (SSSR count). The number of hydrogen-bond acceptors (Lipinski definition) is 1. The Labute approximate surface area is 58.8 Å². The van der Waals surface area contributed by atoms with E-state index in [1.54, 1.807) is 0 Å². The minimum Gasteiger partial charge on any atom is -0.147 e. The predicted molar refractivity (Wildman–Crippen MR) is 26.1 cm³/mol. The molecule has 0 radical (unpaired) electrons. The van der Waals surface area contributed by atoms with E-state index in [2.05, 4.69) is 20.2 Å². The quantitative estimate of drug-likeness (QED) is 0.544. The third-order valence-electron chi connectivity index (χ3n) is 0.102. The van der Waals surface area contributed by atoms with Gasteiger partial charge in [-0.05, 0) is 0 Å². The van der Waals surface area contributed by atoms with Crippen LogP contribution < -0.4 is 0 Å². The van der Waals surface area contributed by atoms with Crippen LogP contribution in [0.1, 0.15) is 6.92 Å². The molecule has 0 aliphatic carbocycles. The van der Waals surface area contributed by atoms with Gasteiger partial charge in [-0.15, -0.1) is 24.8 Å². The fourth-order valence-electron chi connectivity index (χ4n) is 0. The van der Waals surface area contributed by atoms with Crippen molar-refractivity contribution in [2.45, 2.75) is 6.92 Å². The molecular formula is C2H7Cl2FeO. The summed E-state index contributed by atoms with van der Waals surface area (Å²) in [4.78, 5) is 0. The van der Waals surface area contributed by atoms with Crippen molar-refractivity contribution < 1.29 is 20.2 Å². The molecule has 0 atom stereocenters. The maximum atomic E-state index is 4.29. The molecule has 0 aromatic rings. The van der Waals surface area contributed by atoms with Gasteiger partial charge in [0.05, 0.1) is 0 Å². The first-order valence-electron chi connectivity index (χ1n) is 1.14. The number of halogens is 2. The van der Waals surface area contributed by atoms with Crippen molar-refractivity contribution >= 4 is 24.8 Å². The first-order valence-corrected chi connectivity index (χ1v) is 1.59. The van der Waals surface area contributed by atoms with Gasteiger partial charge in [0.25, 0.3) is 0 Å². The van der Waals surface area contributed by atoms with E-state index < -0.39 is 0 Å². The van der Waals surface area contributed by atoms with Crippen molar-refractivity contribution in [3.63, 3.8) is 0 Å². The second-order valence-electron chi connectivity index (χ2n) is 0.391. The summed E-state index contributed by atoms with van der Waals surface area (Å²) in [5.74, 6) is 0. The molecule has 0 saturated carbocycles. The summed E-state index contributed by atoms with van der Waals surface area (Å²) in [7, 11) is 0. The van der Waals surface area contributed by atoms with Crippen LogP contribution in [0.5, 0.6) is 0 Å². The topological polar surface area (TPSA) is 9.23 Å². The van der Waals surface area contributed by atoms with Gasteiger partial charge in [0, 0.05) is 0 Å². The molecule has 43 valence electrons. The van der Waals surface area contributed by atoms with Gasteiger partial charge in [-0.25, -0.2) is 0 Å². The molecule has 6 heavy (non-hydrogen) atoms. The van der Waals surface area contributed by atoms with Crippen molar-refractivity contribution in [2.24, 2.45) is 0 Å². The summed E-state index contributed by atoms with van der Waals surface area (Å²) >= 11 is 3.10. The van der Waals surface area contributed by atoms with Gasteiger partial charge in [0.15, 0.2) is 0 Å². The van der Waals surface area contributed by atoms with Crippen LogP contribution in [0.4, 0.5) is 0 Å². The Balaban J connectivity index is -0.0000000450. The van der Waals surface area contributed by atoms with Crippen molar-refractivity contribution in [3.05, 3.63) is 0 Å². The predicted octanol–water partition coefficient (Wildman–Crippen LogP) is 1.33. The van der Waals surface area contributed by atoms with Crippen LogP contribution in [-0.2, 0) is 20.2 Å². The van der Waals surface area contributed by atoms with Crippen molar-refractivity contribution in [1.29, 1.82) is 0 Å². The first-order chi connectivity index (χ1) is 1.91. The van der Waals surface area contributed by atoms with Crippen molar-refractivity contribution in [3.8, 4) is 0 Å². The summed E-state index contributed by atoms with van der Waals surface area (Å²) in [6.07, 6.45) is 0. The van der Waals surface area contributed by atoms with Crippen molar-refractivity contribution in [2.75, 3.05) is 6.61 Å². The third-order valence-corrected chi connectivity index (χ3v) is 0.421. The Hall–Kier alpha value is 1.06. The molecule has 0 N–H and O–H groups in total. The summed E-state index contributed by atoms with van der Waals surface area (Å²) < 4.78 is 4.29. The van der Waals surface area contributed by atoms with Gasteiger partial charge < -0.3 is 0 Å². The summed E-state index contributed by atoms with van der Waals surface area (Å²) in [6, 6.07) is 0. The third kappa shape index (κ3) is 19.7. The molecular weight excluding hydrogens is 167 g/mol. The maximum absolute atomic E-state index is 4.29. The average Bonchev–Trinajstić information content (AvgIpc) is 1.37. The Morgan fingerprint density at radius 3 is 1.67 bits per heavy atom. The van der Waals surface area contributed by atoms with E-state index >= 15 is 0 Å².